The number of hydrogen-bond acceptors (Lipinski definition) is 7. The molecule has 0 bridgehead atoms. The van der Waals surface area contributed by atoms with Crippen LogP contribution in [-0.4, -0.2) is 64.7 Å². The predicted octanol–water partition coefficient (Wildman–Crippen LogP) is 2.26. The fourth-order valence-corrected chi connectivity index (χ4v) is 3.93. The lowest BCUT2D eigenvalue weighted by atomic mass is 10.1. The van der Waals surface area contributed by atoms with Crippen molar-refractivity contribution in [2.45, 2.75) is 20.4 Å². The van der Waals surface area contributed by atoms with Crippen LogP contribution in [0.2, 0.25) is 0 Å². The molecule has 0 spiro atoms. The van der Waals surface area contributed by atoms with Gasteiger partial charge in [0.25, 0.3) is 5.56 Å². The lowest BCUT2D eigenvalue weighted by Crippen LogP contribution is -2.51. The summed E-state index contributed by atoms with van der Waals surface area (Å²) >= 11 is 0. The highest BCUT2D eigenvalue weighted by atomic mass is 16.5. The second kappa shape index (κ2) is 9.27. The molecule has 1 fully saturated rings. The smallest absolute Gasteiger partial charge is 0.339 e. The number of carbonyl (C=O) groups excluding carboxylic acids is 2. The van der Waals surface area contributed by atoms with Crippen molar-refractivity contribution in [1.29, 1.82) is 0 Å². The maximum Gasteiger partial charge on any atom is 0.339 e. The second-order valence-corrected chi connectivity index (χ2v) is 7.78. The third-order valence-corrected chi connectivity index (χ3v) is 5.69. The van der Waals surface area contributed by atoms with Crippen molar-refractivity contribution in [3.05, 3.63) is 58.0 Å². The van der Waals surface area contributed by atoms with Crippen molar-refractivity contribution < 1.29 is 14.3 Å². The highest BCUT2D eigenvalue weighted by Crippen LogP contribution is 2.20. The van der Waals surface area contributed by atoms with E-state index in [1.54, 1.807) is 39.9 Å². The number of nitrogens with one attached hydrogen (secondary N) is 1. The third kappa shape index (κ3) is 4.36. The number of aryl methyl sites for hydroxylation is 2. The Balaban J connectivity index is 1.50. The van der Waals surface area contributed by atoms with Crippen LogP contribution >= 0.6 is 0 Å². The standard InChI is InChI=1S/C23H26N6O4/c1-4-29-19-17(6-5-9-24-19)25-20(21(29)30)27-10-12-28(13-11-27)23(32)26-18-14-15(2)7-8-16(18)22(31)33-3/h5-9,14H,4,10-13H2,1-3H3,(H,26,32). The van der Waals surface area contributed by atoms with Gasteiger partial charge in [-0.1, -0.05) is 6.07 Å². The lowest BCUT2D eigenvalue weighted by Gasteiger charge is -2.35. The lowest BCUT2D eigenvalue weighted by molar-refractivity contribution is 0.0602. The van der Waals surface area contributed by atoms with Crippen LogP contribution in [0.1, 0.15) is 22.8 Å². The van der Waals surface area contributed by atoms with E-state index in [2.05, 4.69) is 15.3 Å². The first-order valence-electron chi connectivity index (χ1n) is 10.8. The van der Waals surface area contributed by atoms with Crippen LogP contribution in [0.15, 0.2) is 41.3 Å². The average molecular weight is 450 g/mol. The topological polar surface area (TPSA) is 110 Å². The summed E-state index contributed by atoms with van der Waals surface area (Å²) in [5.41, 5.74) is 2.64. The fourth-order valence-electron chi connectivity index (χ4n) is 3.93. The summed E-state index contributed by atoms with van der Waals surface area (Å²) in [6, 6.07) is 8.47. The van der Waals surface area contributed by atoms with Crippen LogP contribution in [0, 0.1) is 6.92 Å². The van der Waals surface area contributed by atoms with Gasteiger partial charge in [0.1, 0.15) is 5.52 Å². The number of ether oxygens (including phenoxy) is 1. The molecule has 1 aromatic carbocycles. The van der Waals surface area contributed by atoms with Crippen LogP contribution < -0.4 is 15.8 Å². The number of hydrogen-bond donors (Lipinski definition) is 1. The first-order chi connectivity index (χ1) is 15.9. The Kier molecular flexibility index (Phi) is 6.25. The van der Waals surface area contributed by atoms with E-state index in [1.165, 1.54) is 7.11 Å². The Morgan fingerprint density at radius 1 is 1.15 bits per heavy atom. The first-order valence-corrected chi connectivity index (χ1v) is 10.8. The van der Waals surface area contributed by atoms with Gasteiger partial charge in [-0.3, -0.25) is 9.36 Å². The van der Waals surface area contributed by atoms with Gasteiger partial charge in [0.05, 0.1) is 18.4 Å². The molecule has 0 atom stereocenters. The number of aromatic nitrogens is 3. The van der Waals surface area contributed by atoms with E-state index in [4.69, 9.17) is 4.74 Å². The highest BCUT2D eigenvalue weighted by Gasteiger charge is 2.26. The Labute approximate surface area is 190 Å². The number of anilines is 2. The van der Waals surface area contributed by atoms with Crippen molar-refractivity contribution in [3.8, 4) is 0 Å². The number of piperazine rings is 1. The maximum atomic E-state index is 13.0. The Morgan fingerprint density at radius 3 is 2.61 bits per heavy atom. The number of urea groups is 1. The molecule has 1 N–H and O–H groups in total. The zero-order valence-electron chi connectivity index (χ0n) is 18.9. The van der Waals surface area contributed by atoms with Gasteiger partial charge < -0.3 is 19.9 Å². The molecule has 0 radical (unpaired) electrons. The molecule has 2 amide bonds. The number of methoxy groups -OCH3 is 1. The van der Waals surface area contributed by atoms with Gasteiger partial charge in [-0.25, -0.2) is 19.6 Å². The van der Waals surface area contributed by atoms with Crippen LogP contribution in [-0.2, 0) is 11.3 Å². The van der Waals surface area contributed by atoms with E-state index in [0.717, 1.165) is 5.56 Å². The van der Waals surface area contributed by atoms with Crippen LogP contribution in [0.3, 0.4) is 0 Å². The number of amides is 2. The summed E-state index contributed by atoms with van der Waals surface area (Å²) in [7, 11) is 1.30. The van der Waals surface area contributed by atoms with Crippen molar-refractivity contribution in [2.75, 3.05) is 43.5 Å². The zero-order valence-corrected chi connectivity index (χ0v) is 18.9. The van der Waals surface area contributed by atoms with E-state index >= 15 is 0 Å². The number of carbonyl (C=O) groups is 2. The fraction of sp³-hybridized carbons (Fsp3) is 0.348. The normalized spacial score (nSPS) is 13.8. The zero-order chi connectivity index (χ0) is 23.5. The molecular formula is C23H26N6O4. The van der Waals surface area contributed by atoms with Crippen LogP contribution in [0.5, 0.6) is 0 Å². The molecule has 10 nitrogen and oxygen atoms in total. The molecular weight excluding hydrogens is 424 g/mol. The van der Waals surface area contributed by atoms with Gasteiger partial charge in [-0.15, -0.1) is 0 Å². The molecule has 2 aromatic heterocycles. The predicted molar refractivity (Wildman–Crippen MR) is 125 cm³/mol. The average Bonchev–Trinajstić information content (AvgIpc) is 2.83. The monoisotopic (exact) mass is 450 g/mol. The van der Waals surface area contributed by atoms with E-state index in [-0.39, 0.29) is 11.6 Å². The Morgan fingerprint density at radius 2 is 1.91 bits per heavy atom. The minimum absolute atomic E-state index is 0.191. The van der Waals surface area contributed by atoms with E-state index in [1.807, 2.05) is 24.8 Å². The first kappa shape index (κ1) is 22.3. The Bertz CT molecular complexity index is 1260. The summed E-state index contributed by atoms with van der Waals surface area (Å²) in [4.78, 5) is 50.3. The molecule has 3 aromatic rings. The molecule has 0 aliphatic carbocycles. The Hall–Kier alpha value is -3.95. The van der Waals surface area contributed by atoms with Gasteiger partial charge in [0.2, 0.25) is 0 Å². The van der Waals surface area contributed by atoms with Gasteiger partial charge >= 0.3 is 12.0 Å². The molecule has 1 aliphatic rings. The van der Waals surface area contributed by atoms with Gasteiger partial charge in [0, 0.05) is 38.9 Å². The second-order valence-electron chi connectivity index (χ2n) is 7.78. The molecule has 10 heteroatoms. The van der Waals surface area contributed by atoms with E-state index < -0.39 is 5.97 Å². The number of rotatable bonds is 4. The minimum atomic E-state index is -0.515. The van der Waals surface area contributed by atoms with E-state index in [9.17, 15) is 14.4 Å². The van der Waals surface area contributed by atoms with Crippen molar-refractivity contribution in [1.82, 2.24) is 19.4 Å². The molecule has 1 saturated heterocycles. The number of nitrogens with zero attached hydrogens (tertiary/aromatic N) is 5. The maximum absolute atomic E-state index is 13.0. The summed E-state index contributed by atoms with van der Waals surface area (Å²) in [6.07, 6.45) is 1.65. The van der Waals surface area contributed by atoms with Crippen molar-refractivity contribution in [2.24, 2.45) is 0 Å². The molecule has 33 heavy (non-hydrogen) atoms. The summed E-state index contributed by atoms with van der Waals surface area (Å²) in [6.45, 7) is 6.00. The van der Waals surface area contributed by atoms with Crippen molar-refractivity contribution in [3.63, 3.8) is 0 Å². The molecule has 0 unspecified atom stereocenters. The molecule has 4 rings (SSSR count). The number of benzene rings is 1. The third-order valence-electron chi connectivity index (χ3n) is 5.69. The largest absolute Gasteiger partial charge is 0.465 e. The minimum Gasteiger partial charge on any atom is -0.465 e. The van der Waals surface area contributed by atoms with Gasteiger partial charge in [-0.05, 0) is 43.7 Å². The van der Waals surface area contributed by atoms with Gasteiger partial charge in [-0.2, -0.15) is 0 Å². The summed E-state index contributed by atoms with van der Waals surface area (Å²) in [5, 5.41) is 2.82. The molecule has 3 heterocycles. The molecule has 1 aliphatic heterocycles. The SMILES string of the molecule is CCn1c(=O)c(N2CCN(C(=O)Nc3cc(C)ccc3C(=O)OC)CC2)nc2cccnc21. The van der Waals surface area contributed by atoms with E-state index in [0.29, 0.717) is 61.0 Å². The quantitative estimate of drug-likeness (QED) is 0.607. The summed E-state index contributed by atoms with van der Waals surface area (Å²) in [5.74, 6) is -0.150. The van der Waals surface area contributed by atoms with Gasteiger partial charge in [0.15, 0.2) is 11.5 Å². The summed E-state index contributed by atoms with van der Waals surface area (Å²) < 4.78 is 6.43. The number of esters is 1. The van der Waals surface area contributed by atoms with Crippen LogP contribution in [0.4, 0.5) is 16.3 Å². The number of fused-ring (bicyclic) bond motifs is 1. The number of pyridine rings is 1. The van der Waals surface area contributed by atoms with Crippen molar-refractivity contribution >= 4 is 34.7 Å². The highest BCUT2D eigenvalue weighted by molar-refractivity contribution is 6.01. The molecule has 0 saturated carbocycles. The molecule has 172 valence electrons. The van der Waals surface area contributed by atoms with Crippen LogP contribution in [0.25, 0.3) is 11.2 Å².